The van der Waals surface area contributed by atoms with E-state index in [9.17, 15) is 8.42 Å². The Morgan fingerprint density at radius 1 is 1.30 bits per heavy atom. The zero-order valence-electron chi connectivity index (χ0n) is 10.8. The summed E-state index contributed by atoms with van der Waals surface area (Å²) < 4.78 is 32.3. The first-order valence-corrected chi connectivity index (χ1v) is 8.37. The number of fused-ring (bicyclic) bond motifs is 2. The Balaban J connectivity index is 1.90. The fraction of sp³-hybridized carbons (Fsp3) is 0.538. The number of hydrogen-bond donors (Lipinski definition) is 1. The molecule has 2 fully saturated rings. The van der Waals surface area contributed by atoms with Gasteiger partial charge < -0.3 is 9.84 Å². The summed E-state index contributed by atoms with van der Waals surface area (Å²) in [6, 6.07) is 4.44. The Morgan fingerprint density at radius 2 is 1.95 bits per heavy atom. The maximum absolute atomic E-state index is 12.6. The SMILES string of the molecule is O=S(=O)(c1ccc(CO)c(Cl)c1)N1CC2CCC(C1)O2. The molecule has 3 rings (SSSR count). The number of morpholine rings is 1. The molecule has 1 N–H and O–H groups in total. The predicted molar refractivity (Wildman–Crippen MR) is 74.0 cm³/mol. The van der Waals surface area contributed by atoms with Gasteiger partial charge in [-0.25, -0.2) is 8.42 Å². The van der Waals surface area contributed by atoms with Crippen molar-refractivity contribution in [2.24, 2.45) is 0 Å². The first-order valence-electron chi connectivity index (χ1n) is 6.55. The van der Waals surface area contributed by atoms with E-state index in [1.165, 1.54) is 16.4 Å². The van der Waals surface area contributed by atoms with Crippen LogP contribution in [0.1, 0.15) is 18.4 Å². The highest BCUT2D eigenvalue weighted by Crippen LogP contribution is 2.31. The lowest BCUT2D eigenvalue weighted by molar-refractivity contribution is -0.0114. The Kier molecular flexibility index (Phi) is 3.77. The van der Waals surface area contributed by atoms with E-state index in [0.29, 0.717) is 18.7 Å². The van der Waals surface area contributed by atoms with Crippen LogP contribution < -0.4 is 0 Å². The summed E-state index contributed by atoms with van der Waals surface area (Å²) in [4.78, 5) is 0.168. The average molecular weight is 318 g/mol. The molecule has 0 radical (unpaired) electrons. The van der Waals surface area contributed by atoms with Gasteiger partial charge in [-0.1, -0.05) is 17.7 Å². The molecule has 0 aliphatic carbocycles. The van der Waals surface area contributed by atoms with Crippen molar-refractivity contribution >= 4 is 21.6 Å². The standard InChI is InChI=1S/C13H16ClNO4S/c14-13-5-12(4-1-9(13)8-16)20(17,18)15-6-10-2-3-11(7-15)19-10/h1,4-5,10-11,16H,2-3,6-8H2. The molecule has 7 heteroatoms. The number of rotatable bonds is 3. The Bertz CT molecular complexity index is 607. The summed E-state index contributed by atoms with van der Waals surface area (Å²) in [5.74, 6) is 0. The van der Waals surface area contributed by atoms with E-state index in [1.807, 2.05) is 0 Å². The second kappa shape index (κ2) is 5.27. The maximum Gasteiger partial charge on any atom is 0.243 e. The van der Waals surface area contributed by atoms with E-state index in [-0.39, 0.29) is 28.7 Å². The summed E-state index contributed by atoms with van der Waals surface area (Å²) in [6.45, 7) is 0.595. The van der Waals surface area contributed by atoms with Crippen LogP contribution in [-0.2, 0) is 21.4 Å². The van der Waals surface area contributed by atoms with E-state index in [2.05, 4.69) is 0 Å². The van der Waals surface area contributed by atoms with Crippen LogP contribution >= 0.6 is 11.6 Å². The molecule has 2 heterocycles. The van der Waals surface area contributed by atoms with Gasteiger partial charge in [-0.05, 0) is 30.5 Å². The summed E-state index contributed by atoms with van der Waals surface area (Å²) in [7, 11) is -3.55. The van der Waals surface area contributed by atoms with Crippen molar-refractivity contribution in [1.82, 2.24) is 4.31 Å². The van der Waals surface area contributed by atoms with E-state index < -0.39 is 10.0 Å². The molecule has 110 valence electrons. The van der Waals surface area contributed by atoms with Crippen molar-refractivity contribution in [3.05, 3.63) is 28.8 Å². The second-order valence-corrected chi connectivity index (χ2v) is 7.54. The fourth-order valence-electron chi connectivity index (χ4n) is 2.74. The molecule has 5 nitrogen and oxygen atoms in total. The molecule has 2 unspecified atom stereocenters. The van der Waals surface area contributed by atoms with Gasteiger partial charge in [0.1, 0.15) is 0 Å². The summed E-state index contributed by atoms with van der Waals surface area (Å²) in [5.41, 5.74) is 0.521. The quantitative estimate of drug-likeness (QED) is 0.914. The van der Waals surface area contributed by atoms with Crippen LogP contribution in [-0.4, -0.2) is 43.1 Å². The van der Waals surface area contributed by atoms with Crippen molar-refractivity contribution in [2.75, 3.05) is 13.1 Å². The van der Waals surface area contributed by atoms with Crippen LogP contribution in [0.5, 0.6) is 0 Å². The minimum absolute atomic E-state index is 0.00992. The van der Waals surface area contributed by atoms with Crippen LogP contribution in [0.3, 0.4) is 0 Å². The van der Waals surface area contributed by atoms with E-state index in [4.69, 9.17) is 21.4 Å². The third-order valence-corrected chi connectivity index (χ3v) is 6.02. The van der Waals surface area contributed by atoms with Gasteiger partial charge >= 0.3 is 0 Å². The molecule has 2 saturated heterocycles. The van der Waals surface area contributed by atoms with Gasteiger partial charge in [0.15, 0.2) is 0 Å². The Hall–Kier alpha value is -0.660. The molecule has 2 bridgehead atoms. The van der Waals surface area contributed by atoms with Crippen LogP contribution in [0.25, 0.3) is 0 Å². The molecule has 2 aliphatic rings. The highest BCUT2D eigenvalue weighted by atomic mass is 35.5. The number of aliphatic hydroxyl groups excluding tert-OH is 1. The molecule has 2 aliphatic heterocycles. The minimum atomic E-state index is -3.55. The van der Waals surface area contributed by atoms with Gasteiger partial charge in [-0.2, -0.15) is 4.31 Å². The van der Waals surface area contributed by atoms with Crippen molar-refractivity contribution in [3.63, 3.8) is 0 Å². The fourth-order valence-corrected chi connectivity index (χ4v) is 4.57. The molecule has 0 saturated carbocycles. The first kappa shape index (κ1) is 14.3. The van der Waals surface area contributed by atoms with Gasteiger partial charge in [-0.15, -0.1) is 0 Å². The van der Waals surface area contributed by atoms with Gasteiger partial charge in [0.25, 0.3) is 0 Å². The van der Waals surface area contributed by atoms with Crippen molar-refractivity contribution in [2.45, 2.75) is 36.6 Å². The highest BCUT2D eigenvalue weighted by molar-refractivity contribution is 7.89. The van der Waals surface area contributed by atoms with Crippen LogP contribution in [0.15, 0.2) is 23.1 Å². The topological polar surface area (TPSA) is 66.8 Å². The summed E-state index contributed by atoms with van der Waals surface area (Å²) >= 11 is 5.98. The highest BCUT2D eigenvalue weighted by Gasteiger charge is 2.39. The van der Waals surface area contributed by atoms with Crippen molar-refractivity contribution in [1.29, 1.82) is 0 Å². The normalized spacial score (nSPS) is 26.9. The van der Waals surface area contributed by atoms with Crippen LogP contribution in [0.2, 0.25) is 5.02 Å². The maximum atomic E-state index is 12.6. The number of nitrogens with zero attached hydrogens (tertiary/aromatic N) is 1. The monoisotopic (exact) mass is 317 g/mol. The zero-order valence-corrected chi connectivity index (χ0v) is 12.4. The number of sulfonamides is 1. The molecular weight excluding hydrogens is 302 g/mol. The lowest BCUT2D eigenvalue weighted by Crippen LogP contribution is -2.45. The molecule has 0 aromatic heterocycles. The van der Waals surface area contributed by atoms with Gasteiger partial charge in [0, 0.05) is 18.1 Å². The van der Waals surface area contributed by atoms with Gasteiger partial charge in [0.2, 0.25) is 10.0 Å². The number of aliphatic hydroxyl groups is 1. The summed E-state index contributed by atoms with van der Waals surface area (Å²) in [5, 5.41) is 9.35. The van der Waals surface area contributed by atoms with Gasteiger partial charge in [-0.3, -0.25) is 0 Å². The molecule has 1 aromatic rings. The van der Waals surface area contributed by atoms with E-state index in [1.54, 1.807) is 6.07 Å². The molecule has 0 spiro atoms. The third kappa shape index (κ3) is 2.46. The largest absolute Gasteiger partial charge is 0.392 e. The van der Waals surface area contributed by atoms with Crippen molar-refractivity contribution < 1.29 is 18.3 Å². The lowest BCUT2D eigenvalue weighted by atomic mass is 10.2. The molecule has 0 amide bonds. The number of ether oxygens (including phenoxy) is 1. The number of hydrogen-bond acceptors (Lipinski definition) is 4. The van der Waals surface area contributed by atoms with Crippen LogP contribution in [0.4, 0.5) is 0 Å². The van der Waals surface area contributed by atoms with Crippen LogP contribution in [0, 0.1) is 0 Å². The number of halogens is 1. The Morgan fingerprint density at radius 3 is 2.50 bits per heavy atom. The number of benzene rings is 1. The molecule has 2 atom stereocenters. The molecule has 1 aromatic carbocycles. The lowest BCUT2D eigenvalue weighted by Gasteiger charge is -2.31. The predicted octanol–water partition coefficient (Wildman–Crippen LogP) is 1.38. The second-order valence-electron chi connectivity index (χ2n) is 5.19. The van der Waals surface area contributed by atoms with Gasteiger partial charge in [0.05, 0.1) is 23.7 Å². The Labute approximate surface area is 123 Å². The zero-order chi connectivity index (χ0) is 14.3. The minimum Gasteiger partial charge on any atom is -0.392 e. The van der Waals surface area contributed by atoms with Crippen molar-refractivity contribution in [3.8, 4) is 0 Å². The third-order valence-electron chi connectivity index (χ3n) is 3.84. The van der Waals surface area contributed by atoms with E-state index >= 15 is 0 Å². The first-order chi connectivity index (χ1) is 9.50. The smallest absolute Gasteiger partial charge is 0.243 e. The molecular formula is C13H16ClNO4S. The van der Waals surface area contributed by atoms with E-state index in [0.717, 1.165) is 12.8 Å². The average Bonchev–Trinajstić information content (AvgIpc) is 2.77. The molecule has 20 heavy (non-hydrogen) atoms. The summed E-state index contributed by atoms with van der Waals surface area (Å²) in [6.07, 6.45) is 1.85.